The van der Waals surface area contributed by atoms with E-state index in [0.717, 1.165) is 51.9 Å². The Morgan fingerprint density at radius 2 is 1.58 bits per heavy atom. The predicted molar refractivity (Wildman–Crippen MR) is 74.6 cm³/mol. The molecule has 0 unspecified atom stereocenters. The van der Waals surface area contributed by atoms with Gasteiger partial charge < -0.3 is 9.80 Å². The molecule has 0 aromatic carbocycles. The highest BCUT2D eigenvalue weighted by Crippen LogP contribution is 2.30. The first-order valence-corrected chi connectivity index (χ1v) is 7.74. The average Bonchev–Trinajstić information content (AvgIpc) is 2.38. The van der Waals surface area contributed by atoms with Crippen molar-refractivity contribution in [1.82, 2.24) is 9.80 Å². The zero-order chi connectivity index (χ0) is 13.8. The molecule has 1 heterocycles. The molecule has 2 fully saturated rings. The molecule has 1 aliphatic heterocycles. The van der Waals surface area contributed by atoms with Gasteiger partial charge in [0, 0.05) is 38.0 Å². The van der Waals surface area contributed by atoms with Crippen molar-refractivity contribution >= 4 is 11.8 Å². The maximum atomic E-state index is 12.3. The van der Waals surface area contributed by atoms with E-state index < -0.39 is 0 Å². The van der Waals surface area contributed by atoms with Gasteiger partial charge in [-0.25, -0.2) is 0 Å². The Kier molecular flexibility index (Phi) is 4.83. The van der Waals surface area contributed by atoms with Gasteiger partial charge in [0.15, 0.2) is 0 Å². The van der Waals surface area contributed by atoms with Crippen LogP contribution in [0.15, 0.2) is 0 Å². The Morgan fingerprint density at radius 1 is 1.00 bits per heavy atom. The third-order valence-corrected chi connectivity index (χ3v) is 4.69. The van der Waals surface area contributed by atoms with Crippen molar-refractivity contribution in [1.29, 1.82) is 0 Å². The maximum absolute atomic E-state index is 12.3. The van der Waals surface area contributed by atoms with E-state index in [2.05, 4.69) is 0 Å². The van der Waals surface area contributed by atoms with Crippen LogP contribution in [-0.2, 0) is 9.59 Å². The SMILES string of the molecule is CCN(CC)C(=O)C1CCN(C(=O)C2CCC2)CC1. The van der Waals surface area contributed by atoms with Crippen LogP contribution in [-0.4, -0.2) is 47.8 Å². The zero-order valence-corrected chi connectivity index (χ0v) is 12.2. The lowest BCUT2D eigenvalue weighted by Crippen LogP contribution is -2.46. The van der Waals surface area contributed by atoms with E-state index in [-0.39, 0.29) is 17.7 Å². The second-order valence-corrected chi connectivity index (χ2v) is 5.74. The monoisotopic (exact) mass is 266 g/mol. The quantitative estimate of drug-likeness (QED) is 0.779. The number of piperidine rings is 1. The molecule has 0 N–H and O–H groups in total. The summed E-state index contributed by atoms with van der Waals surface area (Å²) in [6, 6.07) is 0. The molecule has 0 radical (unpaired) electrons. The molecule has 4 heteroatoms. The van der Waals surface area contributed by atoms with Crippen molar-refractivity contribution in [2.75, 3.05) is 26.2 Å². The van der Waals surface area contributed by atoms with Crippen LogP contribution in [0.25, 0.3) is 0 Å². The van der Waals surface area contributed by atoms with Gasteiger partial charge in [-0.2, -0.15) is 0 Å². The summed E-state index contributed by atoms with van der Waals surface area (Å²) >= 11 is 0. The molecule has 0 aromatic heterocycles. The first-order chi connectivity index (χ1) is 9.17. The summed E-state index contributed by atoms with van der Waals surface area (Å²) in [6.45, 7) is 7.17. The summed E-state index contributed by atoms with van der Waals surface area (Å²) in [7, 11) is 0. The average molecular weight is 266 g/mol. The third-order valence-electron chi connectivity index (χ3n) is 4.69. The Bertz CT molecular complexity index is 327. The number of hydrogen-bond donors (Lipinski definition) is 0. The zero-order valence-electron chi connectivity index (χ0n) is 12.2. The summed E-state index contributed by atoms with van der Waals surface area (Å²) in [5.74, 6) is 1.03. The number of amides is 2. The topological polar surface area (TPSA) is 40.6 Å². The van der Waals surface area contributed by atoms with Crippen LogP contribution in [0.5, 0.6) is 0 Å². The molecule has 2 amide bonds. The fourth-order valence-corrected chi connectivity index (χ4v) is 3.05. The molecule has 1 saturated heterocycles. The van der Waals surface area contributed by atoms with Crippen LogP contribution in [0.1, 0.15) is 46.0 Å². The van der Waals surface area contributed by atoms with Crippen molar-refractivity contribution in [3.63, 3.8) is 0 Å². The molecule has 0 atom stereocenters. The van der Waals surface area contributed by atoms with E-state index in [1.165, 1.54) is 6.42 Å². The number of carbonyl (C=O) groups is 2. The number of carbonyl (C=O) groups excluding carboxylic acids is 2. The van der Waals surface area contributed by atoms with E-state index in [1.54, 1.807) is 0 Å². The molecular weight excluding hydrogens is 240 g/mol. The van der Waals surface area contributed by atoms with Gasteiger partial charge in [0.05, 0.1) is 0 Å². The van der Waals surface area contributed by atoms with Gasteiger partial charge in [0.1, 0.15) is 0 Å². The van der Waals surface area contributed by atoms with Gasteiger partial charge in [-0.1, -0.05) is 6.42 Å². The summed E-state index contributed by atoms with van der Waals surface area (Å²) < 4.78 is 0. The minimum Gasteiger partial charge on any atom is -0.343 e. The molecular formula is C15H26N2O2. The maximum Gasteiger partial charge on any atom is 0.225 e. The first-order valence-electron chi connectivity index (χ1n) is 7.74. The standard InChI is InChI=1S/C15H26N2O2/c1-3-16(4-2)14(18)13-8-10-17(11-9-13)15(19)12-6-5-7-12/h12-13H,3-11H2,1-2H3. The van der Waals surface area contributed by atoms with Gasteiger partial charge in [-0.3, -0.25) is 9.59 Å². The molecule has 19 heavy (non-hydrogen) atoms. The Morgan fingerprint density at radius 3 is 2.00 bits per heavy atom. The van der Waals surface area contributed by atoms with Gasteiger partial charge in [-0.05, 0) is 39.5 Å². The highest BCUT2D eigenvalue weighted by atomic mass is 16.2. The van der Waals surface area contributed by atoms with Crippen LogP contribution in [0, 0.1) is 11.8 Å². The summed E-state index contributed by atoms with van der Waals surface area (Å²) in [4.78, 5) is 28.3. The summed E-state index contributed by atoms with van der Waals surface area (Å²) in [5, 5.41) is 0. The molecule has 4 nitrogen and oxygen atoms in total. The van der Waals surface area contributed by atoms with E-state index >= 15 is 0 Å². The Labute approximate surface area is 116 Å². The van der Waals surface area contributed by atoms with Crippen molar-refractivity contribution in [2.24, 2.45) is 11.8 Å². The third kappa shape index (κ3) is 3.10. The van der Waals surface area contributed by atoms with Crippen molar-refractivity contribution in [2.45, 2.75) is 46.0 Å². The highest BCUT2D eigenvalue weighted by Gasteiger charge is 2.33. The largest absolute Gasteiger partial charge is 0.343 e. The van der Waals surface area contributed by atoms with Gasteiger partial charge in [-0.15, -0.1) is 0 Å². The van der Waals surface area contributed by atoms with Crippen LogP contribution < -0.4 is 0 Å². The van der Waals surface area contributed by atoms with E-state index in [4.69, 9.17) is 0 Å². The Hall–Kier alpha value is -1.06. The molecule has 2 aliphatic rings. The lowest BCUT2D eigenvalue weighted by atomic mass is 9.83. The summed E-state index contributed by atoms with van der Waals surface area (Å²) in [5.41, 5.74) is 0. The predicted octanol–water partition coefficient (Wildman–Crippen LogP) is 1.89. The van der Waals surface area contributed by atoms with E-state index in [0.29, 0.717) is 5.91 Å². The van der Waals surface area contributed by atoms with Crippen molar-refractivity contribution in [3.8, 4) is 0 Å². The lowest BCUT2D eigenvalue weighted by molar-refractivity contribution is -0.144. The van der Waals surface area contributed by atoms with Crippen molar-refractivity contribution < 1.29 is 9.59 Å². The minimum absolute atomic E-state index is 0.130. The second-order valence-electron chi connectivity index (χ2n) is 5.74. The van der Waals surface area contributed by atoms with Crippen LogP contribution in [0.3, 0.4) is 0 Å². The highest BCUT2D eigenvalue weighted by molar-refractivity contribution is 5.81. The van der Waals surface area contributed by atoms with Crippen molar-refractivity contribution in [3.05, 3.63) is 0 Å². The molecule has 1 saturated carbocycles. The molecule has 0 bridgehead atoms. The van der Waals surface area contributed by atoms with Gasteiger partial charge in [0.2, 0.25) is 11.8 Å². The van der Waals surface area contributed by atoms with E-state index in [1.807, 2.05) is 23.6 Å². The molecule has 0 spiro atoms. The molecule has 108 valence electrons. The Balaban J connectivity index is 1.81. The number of likely N-dealkylation sites (tertiary alicyclic amines) is 1. The number of hydrogen-bond acceptors (Lipinski definition) is 2. The summed E-state index contributed by atoms with van der Waals surface area (Å²) in [6.07, 6.45) is 5.02. The normalized spacial score (nSPS) is 21.1. The van der Waals surface area contributed by atoms with Gasteiger partial charge in [0.25, 0.3) is 0 Å². The van der Waals surface area contributed by atoms with Crippen LogP contribution in [0.4, 0.5) is 0 Å². The number of rotatable bonds is 4. The van der Waals surface area contributed by atoms with Crippen LogP contribution >= 0.6 is 0 Å². The lowest BCUT2D eigenvalue weighted by Gasteiger charge is -2.37. The van der Waals surface area contributed by atoms with Gasteiger partial charge >= 0.3 is 0 Å². The fourth-order valence-electron chi connectivity index (χ4n) is 3.05. The molecule has 2 rings (SSSR count). The second kappa shape index (κ2) is 6.40. The van der Waals surface area contributed by atoms with E-state index in [9.17, 15) is 9.59 Å². The first kappa shape index (κ1) is 14.4. The molecule has 0 aromatic rings. The fraction of sp³-hybridized carbons (Fsp3) is 0.867. The van der Waals surface area contributed by atoms with Crippen LogP contribution in [0.2, 0.25) is 0 Å². The smallest absolute Gasteiger partial charge is 0.225 e. The number of nitrogens with zero attached hydrogens (tertiary/aromatic N) is 2. The minimum atomic E-state index is 0.130. The molecule has 1 aliphatic carbocycles.